The van der Waals surface area contributed by atoms with Crippen LogP contribution in [-0.4, -0.2) is 49.2 Å². The minimum absolute atomic E-state index is 0.0940. The quantitative estimate of drug-likeness (QED) is 0.388. The molecule has 2 atom stereocenters. The van der Waals surface area contributed by atoms with Crippen LogP contribution in [0.3, 0.4) is 0 Å². The molecular weight excluding hydrogens is 448 g/mol. The SMILES string of the molecule is COC(=O)[C@H](Cc1ccc(O)cc1)NC(=O)[C@H](Cc1ccccc1)NC(=O)c1ccc(OC)cc1. The summed E-state index contributed by atoms with van der Waals surface area (Å²) in [5.41, 5.74) is 1.93. The second-order valence-electron chi connectivity index (χ2n) is 7.90. The number of hydrogen-bond donors (Lipinski definition) is 3. The molecule has 2 amide bonds. The zero-order chi connectivity index (χ0) is 25.2. The fourth-order valence-electron chi connectivity index (χ4n) is 3.52. The number of aromatic hydroxyl groups is 1. The Labute approximate surface area is 203 Å². The zero-order valence-electron chi connectivity index (χ0n) is 19.6. The summed E-state index contributed by atoms with van der Waals surface area (Å²) in [7, 11) is 2.77. The molecule has 8 heteroatoms. The van der Waals surface area contributed by atoms with Crippen LogP contribution in [-0.2, 0) is 27.2 Å². The Morgan fingerprint density at radius 3 is 1.97 bits per heavy atom. The Hall–Kier alpha value is -4.33. The standard InChI is InChI=1S/C27H28N2O6/c1-34-22-14-10-20(11-15-22)25(31)28-23(16-18-6-4-3-5-7-18)26(32)29-24(27(33)35-2)17-19-8-12-21(30)13-9-19/h3-15,23-24,30H,16-17H2,1-2H3,(H,28,31)(H,29,32)/t23-,24-/m0/s1. The molecule has 0 saturated carbocycles. The van der Waals surface area contributed by atoms with Crippen LogP contribution in [0.25, 0.3) is 0 Å². The highest BCUT2D eigenvalue weighted by molar-refractivity contribution is 5.98. The van der Waals surface area contributed by atoms with Gasteiger partial charge in [-0.1, -0.05) is 42.5 Å². The molecule has 0 aliphatic heterocycles. The number of hydrogen-bond acceptors (Lipinski definition) is 6. The van der Waals surface area contributed by atoms with Gasteiger partial charge in [0.25, 0.3) is 5.91 Å². The number of carbonyl (C=O) groups is 3. The lowest BCUT2D eigenvalue weighted by Crippen LogP contribution is -2.53. The van der Waals surface area contributed by atoms with E-state index < -0.39 is 29.9 Å². The number of methoxy groups -OCH3 is 2. The monoisotopic (exact) mass is 476 g/mol. The summed E-state index contributed by atoms with van der Waals surface area (Å²) < 4.78 is 10.0. The predicted octanol–water partition coefficient (Wildman–Crippen LogP) is 2.64. The highest BCUT2D eigenvalue weighted by Gasteiger charge is 2.28. The van der Waals surface area contributed by atoms with Crippen molar-refractivity contribution in [1.29, 1.82) is 0 Å². The second kappa shape index (κ2) is 12.2. The van der Waals surface area contributed by atoms with Crippen LogP contribution in [0.1, 0.15) is 21.5 Å². The lowest BCUT2D eigenvalue weighted by molar-refractivity contribution is -0.145. The molecule has 3 aromatic carbocycles. The minimum Gasteiger partial charge on any atom is -0.508 e. The van der Waals surface area contributed by atoms with Crippen molar-refractivity contribution in [1.82, 2.24) is 10.6 Å². The first kappa shape index (κ1) is 25.3. The molecule has 0 radical (unpaired) electrons. The first-order chi connectivity index (χ1) is 16.9. The molecule has 0 spiro atoms. The predicted molar refractivity (Wildman–Crippen MR) is 130 cm³/mol. The number of esters is 1. The molecule has 0 heterocycles. The van der Waals surface area contributed by atoms with Gasteiger partial charge in [0.15, 0.2) is 0 Å². The first-order valence-electron chi connectivity index (χ1n) is 11.0. The van der Waals surface area contributed by atoms with E-state index >= 15 is 0 Å². The molecule has 0 unspecified atom stereocenters. The summed E-state index contributed by atoms with van der Waals surface area (Å²) in [5.74, 6) is -0.875. The van der Waals surface area contributed by atoms with Crippen LogP contribution in [0.15, 0.2) is 78.9 Å². The highest BCUT2D eigenvalue weighted by Crippen LogP contribution is 2.14. The largest absolute Gasteiger partial charge is 0.508 e. The minimum atomic E-state index is -0.979. The number of amides is 2. The summed E-state index contributed by atoms with van der Waals surface area (Å²) in [6.45, 7) is 0. The van der Waals surface area contributed by atoms with Crippen LogP contribution in [0.2, 0.25) is 0 Å². The Morgan fingerprint density at radius 2 is 1.37 bits per heavy atom. The maximum Gasteiger partial charge on any atom is 0.328 e. The number of phenols is 1. The van der Waals surface area contributed by atoms with Crippen LogP contribution < -0.4 is 15.4 Å². The molecule has 0 fully saturated rings. The van der Waals surface area contributed by atoms with Crippen molar-refractivity contribution in [2.75, 3.05) is 14.2 Å². The highest BCUT2D eigenvalue weighted by atomic mass is 16.5. The van der Waals surface area contributed by atoms with Crippen molar-refractivity contribution >= 4 is 17.8 Å². The van der Waals surface area contributed by atoms with E-state index in [0.717, 1.165) is 11.1 Å². The molecule has 0 bridgehead atoms. The Kier molecular flexibility index (Phi) is 8.83. The van der Waals surface area contributed by atoms with E-state index in [-0.39, 0.29) is 18.6 Å². The van der Waals surface area contributed by atoms with E-state index in [4.69, 9.17) is 9.47 Å². The third-order valence-corrected chi connectivity index (χ3v) is 5.44. The van der Waals surface area contributed by atoms with E-state index in [0.29, 0.717) is 11.3 Å². The average molecular weight is 477 g/mol. The van der Waals surface area contributed by atoms with E-state index in [2.05, 4.69) is 10.6 Å². The summed E-state index contributed by atoms with van der Waals surface area (Å²) in [5, 5.41) is 15.0. The Morgan fingerprint density at radius 1 is 0.771 bits per heavy atom. The first-order valence-corrected chi connectivity index (χ1v) is 11.0. The van der Waals surface area contributed by atoms with Gasteiger partial charge < -0.3 is 25.2 Å². The van der Waals surface area contributed by atoms with Crippen molar-refractivity contribution in [2.24, 2.45) is 0 Å². The number of phenolic OH excluding ortho intramolecular Hbond substituents is 1. The van der Waals surface area contributed by atoms with Crippen molar-refractivity contribution in [3.05, 3.63) is 95.6 Å². The number of nitrogens with one attached hydrogen (secondary N) is 2. The van der Waals surface area contributed by atoms with E-state index in [1.165, 1.54) is 26.4 Å². The van der Waals surface area contributed by atoms with Crippen molar-refractivity contribution in [3.63, 3.8) is 0 Å². The maximum absolute atomic E-state index is 13.3. The fraction of sp³-hybridized carbons (Fsp3) is 0.222. The van der Waals surface area contributed by atoms with Gasteiger partial charge in [0, 0.05) is 18.4 Å². The van der Waals surface area contributed by atoms with Crippen molar-refractivity contribution in [2.45, 2.75) is 24.9 Å². The van der Waals surface area contributed by atoms with Gasteiger partial charge in [-0.2, -0.15) is 0 Å². The molecule has 3 rings (SSSR count). The molecule has 0 aliphatic carbocycles. The summed E-state index contributed by atoms with van der Waals surface area (Å²) >= 11 is 0. The van der Waals surface area contributed by atoms with Crippen LogP contribution in [0.4, 0.5) is 0 Å². The summed E-state index contributed by atoms with van der Waals surface area (Å²) in [6.07, 6.45) is 0.380. The van der Waals surface area contributed by atoms with Gasteiger partial charge in [0.1, 0.15) is 23.6 Å². The van der Waals surface area contributed by atoms with E-state index in [1.54, 1.807) is 36.4 Å². The van der Waals surface area contributed by atoms with Crippen molar-refractivity contribution < 1.29 is 29.0 Å². The van der Waals surface area contributed by atoms with E-state index in [9.17, 15) is 19.5 Å². The number of ether oxygens (including phenoxy) is 2. The van der Waals surface area contributed by atoms with E-state index in [1.807, 2.05) is 30.3 Å². The molecule has 3 N–H and O–H groups in total. The summed E-state index contributed by atoms with van der Waals surface area (Å²) in [4.78, 5) is 38.6. The maximum atomic E-state index is 13.3. The van der Waals surface area contributed by atoms with Crippen LogP contribution in [0, 0.1) is 0 Å². The third kappa shape index (κ3) is 7.33. The Balaban J connectivity index is 1.79. The topological polar surface area (TPSA) is 114 Å². The zero-order valence-corrected chi connectivity index (χ0v) is 19.6. The average Bonchev–Trinajstić information content (AvgIpc) is 2.89. The van der Waals surface area contributed by atoms with Gasteiger partial charge in [-0.3, -0.25) is 9.59 Å². The normalized spacial score (nSPS) is 12.2. The van der Waals surface area contributed by atoms with Crippen molar-refractivity contribution in [3.8, 4) is 11.5 Å². The van der Waals surface area contributed by atoms with Gasteiger partial charge in [-0.05, 0) is 47.5 Å². The molecule has 35 heavy (non-hydrogen) atoms. The van der Waals surface area contributed by atoms with Gasteiger partial charge in [0.05, 0.1) is 14.2 Å². The van der Waals surface area contributed by atoms with Gasteiger partial charge in [0.2, 0.25) is 5.91 Å². The van der Waals surface area contributed by atoms with Crippen LogP contribution >= 0.6 is 0 Å². The molecule has 182 valence electrons. The molecule has 0 saturated heterocycles. The lowest BCUT2D eigenvalue weighted by Gasteiger charge is -2.23. The van der Waals surface area contributed by atoms with Gasteiger partial charge >= 0.3 is 5.97 Å². The smallest absolute Gasteiger partial charge is 0.328 e. The number of benzene rings is 3. The van der Waals surface area contributed by atoms with Gasteiger partial charge in [-0.15, -0.1) is 0 Å². The second-order valence-corrected chi connectivity index (χ2v) is 7.90. The number of rotatable bonds is 10. The molecule has 8 nitrogen and oxygen atoms in total. The molecule has 3 aromatic rings. The lowest BCUT2D eigenvalue weighted by atomic mass is 10.0. The summed E-state index contributed by atoms with van der Waals surface area (Å²) in [6, 6.07) is 20.2. The molecule has 0 aliphatic rings. The van der Waals surface area contributed by atoms with Crippen LogP contribution in [0.5, 0.6) is 11.5 Å². The van der Waals surface area contributed by atoms with Gasteiger partial charge in [-0.25, -0.2) is 4.79 Å². The number of carbonyl (C=O) groups excluding carboxylic acids is 3. The Bertz CT molecular complexity index is 1130. The molecular formula is C27H28N2O6. The fourth-order valence-corrected chi connectivity index (χ4v) is 3.52. The third-order valence-electron chi connectivity index (χ3n) is 5.44. The molecule has 0 aromatic heterocycles.